The van der Waals surface area contributed by atoms with E-state index in [0.29, 0.717) is 12.4 Å². The number of piperidine rings is 2. The van der Waals surface area contributed by atoms with Crippen LogP contribution in [0.5, 0.6) is 0 Å². The van der Waals surface area contributed by atoms with Crippen LogP contribution in [-0.4, -0.2) is 45.4 Å². The summed E-state index contributed by atoms with van der Waals surface area (Å²) >= 11 is 0. The van der Waals surface area contributed by atoms with E-state index in [-0.39, 0.29) is 11.3 Å². The average molecular weight is 432 g/mol. The molecule has 7 heteroatoms. The number of nitrogens with zero attached hydrogens (tertiary/aromatic N) is 5. The molecule has 5 rings (SSSR count). The number of benzene rings is 1. The molecule has 2 fully saturated rings. The second-order valence-corrected chi connectivity index (χ2v) is 9.04. The molecule has 2 aromatic heterocycles. The molecule has 3 aromatic rings. The van der Waals surface area contributed by atoms with Crippen molar-refractivity contribution in [2.24, 2.45) is 5.41 Å². The van der Waals surface area contributed by atoms with E-state index in [0.717, 1.165) is 73.8 Å². The summed E-state index contributed by atoms with van der Waals surface area (Å²) in [4.78, 5) is 31.5. The molecule has 0 saturated carbocycles. The molecule has 1 aromatic carbocycles. The van der Waals surface area contributed by atoms with Crippen LogP contribution < -0.4 is 4.90 Å². The Morgan fingerprint density at radius 3 is 2.50 bits per heavy atom. The molecule has 0 N–H and O–H groups in total. The van der Waals surface area contributed by atoms with Crippen molar-refractivity contribution in [3.05, 3.63) is 59.7 Å². The summed E-state index contributed by atoms with van der Waals surface area (Å²) in [6.07, 6.45) is 6.93. The normalized spacial score (nSPS) is 18.4. The first kappa shape index (κ1) is 20.7. The van der Waals surface area contributed by atoms with Gasteiger partial charge in [0.05, 0.1) is 11.6 Å². The summed E-state index contributed by atoms with van der Waals surface area (Å²) in [5.41, 5.74) is 3.72. The monoisotopic (exact) mass is 431 g/mol. The molecule has 166 valence electrons. The lowest BCUT2D eigenvalue weighted by Gasteiger charge is -2.46. The smallest absolute Gasteiger partial charge is 0.229 e. The number of rotatable bonds is 4. The van der Waals surface area contributed by atoms with Gasteiger partial charge in [-0.25, -0.2) is 15.0 Å². The molecule has 7 nitrogen and oxygen atoms in total. The first-order valence-corrected chi connectivity index (χ1v) is 11.4. The lowest BCUT2D eigenvalue weighted by atomic mass is 9.71. The summed E-state index contributed by atoms with van der Waals surface area (Å²) in [7, 11) is 0. The zero-order chi connectivity index (χ0) is 22.1. The fourth-order valence-electron chi connectivity index (χ4n) is 5.18. The van der Waals surface area contributed by atoms with Crippen LogP contribution >= 0.6 is 0 Å². The Bertz CT molecular complexity index is 1080. The van der Waals surface area contributed by atoms with Gasteiger partial charge in [0, 0.05) is 43.1 Å². The van der Waals surface area contributed by atoms with Gasteiger partial charge in [0.15, 0.2) is 0 Å². The molecule has 0 aliphatic carbocycles. The summed E-state index contributed by atoms with van der Waals surface area (Å²) in [6.45, 7) is 7.02. The maximum atomic E-state index is 13.7. The Labute approximate surface area is 188 Å². The van der Waals surface area contributed by atoms with Crippen LogP contribution in [0, 0.1) is 19.3 Å². The topological polar surface area (TPSA) is 75.4 Å². The van der Waals surface area contributed by atoms with Crippen molar-refractivity contribution in [1.29, 1.82) is 0 Å². The number of hydrogen-bond donors (Lipinski definition) is 0. The largest absolute Gasteiger partial charge is 0.445 e. The highest BCUT2D eigenvalue weighted by molar-refractivity contribution is 5.84. The van der Waals surface area contributed by atoms with Gasteiger partial charge in [-0.05, 0) is 57.2 Å². The average Bonchev–Trinajstić information content (AvgIpc) is 3.32. The van der Waals surface area contributed by atoms with Crippen LogP contribution in [0.2, 0.25) is 0 Å². The second-order valence-electron chi connectivity index (χ2n) is 9.04. The van der Waals surface area contributed by atoms with Crippen molar-refractivity contribution in [2.45, 2.75) is 46.1 Å². The van der Waals surface area contributed by atoms with E-state index >= 15 is 0 Å². The number of oxazole rings is 1. The third-order valence-corrected chi connectivity index (χ3v) is 6.84. The Kier molecular flexibility index (Phi) is 5.41. The predicted molar refractivity (Wildman–Crippen MR) is 122 cm³/mol. The summed E-state index contributed by atoms with van der Waals surface area (Å²) in [5.74, 6) is 1.67. The minimum absolute atomic E-state index is 0.272. The summed E-state index contributed by atoms with van der Waals surface area (Å²) in [6, 6.07) is 10.1. The van der Waals surface area contributed by atoms with E-state index in [1.807, 2.05) is 43.0 Å². The molecule has 2 aliphatic rings. The third kappa shape index (κ3) is 3.87. The van der Waals surface area contributed by atoms with Crippen LogP contribution in [-0.2, 0) is 11.3 Å². The first-order chi connectivity index (χ1) is 15.5. The highest BCUT2D eigenvalue weighted by Gasteiger charge is 2.46. The lowest BCUT2D eigenvalue weighted by molar-refractivity contribution is -0.148. The van der Waals surface area contributed by atoms with Crippen molar-refractivity contribution in [3.63, 3.8) is 0 Å². The van der Waals surface area contributed by atoms with Gasteiger partial charge in [-0.3, -0.25) is 4.79 Å². The van der Waals surface area contributed by atoms with E-state index in [4.69, 9.17) is 4.42 Å². The van der Waals surface area contributed by atoms with Gasteiger partial charge in [0.2, 0.25) is 17.7 Å². The first-order valence-electron chi connectivity index (χ1n) is 11.4. The number of carbonyl (C=O) groups excluding carboxylic acids is 1. The molecule has 0 radical (unpaired) electrons. The molecular weight excluding hydrogens is 402 g/mol. The van der Waals surface area contributed by atoms with E-state index in [9.17, 15) is 4.79 Å². The van der Waals surface area contributed by atoms with Gasteiger partial charge in [-0.15, -0.1) is 0 Å². The highest BCUT2D eigenvalue weighted by atomic mass is 16.3. The fraction of sp³-hybridized carbons (Fsp3) is 0.440. The zero-order valence-corrected chi connectivity index (χ0v) is 18.8. The van der Waals surface area contributed by atoms with E-state index in [1.165, 1.54) is 0 Å². The third-order valence-electron chi connectivity index (χ3n) is 6.84. The Balaban J connectivity index is 1.31. The van der Waals surface area contributed by atoms with Crippen LogP contribution in [0.15, 0.2) is 47.2 Å². The van der Waals surface area contributed by atoms with Crippen molar-refractivity contribution in [1.82, 2.24) is 19.9 Å². The SMILES string of the molecule is Cc1cc(C)nc(N2CCC3(CCCN(Cc4ccccc4-c4ncco4)C3=O)CC2)n1. The number of amides is 1. The summed E-state index contributed by atoms with van der Waals surface area (Å²) < 4.78 is 5.52. The molecule has 2 aliphatic heterocycles. The van der Waals surface area contributed by atoms with Crippen LogP contribution in [0.1, 0.15) is 42.6 Å². The standard InChI is InChI=1S/C25H29N5O2/c1-18-16-19(2)28-24(27-18)29-13-9-25(10-14-29)8-5-12-30(23(25)31)17-20-6-3-4-7-21(20)22-26-11-15-32-22/h3-4,6-7,11,15-16H,5,8-10,12-14,17H2,1-2H3. The quantitative estimate of drug-likeness (QED) is 0.618. The number of likely N-dealkylation sites (tertiary alicyclic amines) is 1. The molecule has 32 heavy (non-hydrogen) atoms. The number of hydrogen-bond acceptors (Lipinski definition) is 6. The number of aromatic nitrogens is 3. The van der Waals surface area contributed by atoms with Crippen LogP contribution in [0.3, 0.4) is 0 Å². The molecule has 0 unspecified atom stereocenters. The van der Waals surface area contributed by atoms with Gasteiger partial charge in [-0.2, -0.15) is 0 Å². The van der Waals surface area contributed by atoms with Gasteiger partial charge < -0.3 is 14.2 Å². The molecule has 0 atom stereocenters. The lowest BCUT2D eigenvalue weighted by Crippen LogP contribution is -2.53. The molecule has 2 saturated heterocycles. The molecule has 4 heterocycles. The zero-order valence-electron chi connectivity index (χ0n) is 18.8. The van der Waals surface area contributed by atoms with Crippen molar-refractivity contribution < 1.29 is 9.21 Å². The summed E-state index contributed by atoms with van der Waals surface area (Å²) in [5, 5.41) is 0. The fourth-order valence-corrected chi connectivity index (χ4v) is 5.18. The van der Waals surface area contributed by atoms with Crippen molar-refractivity contribution in [3.8, 4) is 11.5 Å². The van der Waals surface area contributed by atoms with E-state index < -0.39 is 0 Å². The molecule has 1 spiro atoms. The van der Waals surface area contributed by atoms with Crippen LogP contribution in [0.25, 0.3) is 11.5 Å². The Morgan fingerprint density at radius 1 is 1.03 bits per heavy atom. The second kappa shape index (κ2) is 8.37. The van der Waals surface area contributed by atoms with Gasteiger partial charge in [0.1, 0.15) is 6.26 Å². The molecule has 1 amide bonds. The number of carbonyl (C=O) groups is 1. The van der Waals surface area contributed by atoms with E-state index in [2.05, 4.69) is 25.9 Å². The van der Waals surface area contributed by atoms with E-state index in [1.54, 1.807) is 12.5 Å². The van der Waals surface area contributed by atoms with Crippen molar-refractivity contribution >= 4 is 11.9 Å². The Hall–Kier alpha value is -3.22. The Morgan fingerprint density at radius 2 is 1.78 bits per heavy atom. The van der Waals surface area contributed by atoms with Gasteiger partial charge in [0.25, 0.3) is 0 Å². The van der Waals surface area contributed by atoms with Gasteiger partial charge in [-0.1, -0.05) is 18.2 Å². The molecule has 0 bridgehead atoms. The van der Waals surface area contributed by atoms with Gasteiger partial charge >= 0.3 is 0 Å². The van der Waals surface area contributed by atoms with Crippen molar-refractivity contribution in [2.75, 3.05) is 24.5 Å². The maximum Gasteiger partial charge on any atom is 0.229 e. The minimum atomic E-state index is -0.272. The number of anilines is 1. The molecular formula is C25H29N5O2. The minimum Gasteiger partial charge on any atom is -0.445 e. The maximum absolute atomic E-state index is 13.7. The predicted octanol–water partition coefficient (Wildman–Crippen LogP) is 4.16. The highest BCUT2D eigenvalue weighted by Crippen LogP contribution is 2.42. The number of aryl methyl sites for hydroxylation is 2. The van der Waals surface area contributed by atoms with Crippen LogP contribution in [0.4, 0.5) is 5.95 Å².